The van der Waals surface area contributed by atoms with Gasteiger partial charge >= 0.3 is 0 Å². The Hall–Kier alpha value is -1.81. The lowest BCUT2D eigenvalue weighted by Gasteiger charge is -2.08. The zero-order chi connectivity index (χ0) is 13.1. The molecule has 2 aromatic carbocycles. The van der Waals surface area contributed by atoms with Crippen LogP contribution >= 0.6 is 15.9 Å². The summed E-state index contributed by atoms with van der Waals surface area (Å²) in [7, 11) is 0. The standard InChI is InChI=1S/C14H12BrNO2/c1-9-3-2-4-12(13(9)15)14(18)16-10-5-7-11(17)8-6-10/h2-8,17H,1H3,(H,16,18). The number of carbonyl (C=O) groups is 1. The van der Waals surface area contributed by atoms with E-state index in [4.69, 9.17) is 5.11 Å². The average molecular weight is 306 g/mol. The van der Waals surface area contributed by atoms with Crippen LogP contribution in [-0.2, 0) is 0 Å². The van der Waals surface area contributed by atoms with E-state index in [-0.39, 0.29) is 11.7 Å². The predicted molar refractivity (Wildman–Crippen MR) is 74.9 cm³/mol. The molecule has 0 spiro atoms. The summed E-state index contributed by atoms with van der Waals surface area (Å²) in [6.07, 6.45) is 0. The van der Waals surface area contributed by atoms with Crippen LogP contribution in [0.5, 0.6) is 5.75 Å². The maximum absolute atomic E-state index is 12.1. The van der Waals surface area contributed by atoms with Crippen LogP contribution in [0.1, 0.15) is 15.9 Å². The lowest BCUT2D eigenvalue weighted by Crippen LogP contribution is -2.12. The molecule has 2 aromatic rings. The number of carbonyl (C=O) groups excluding carboxylic acids is 1. The van der Waals surface area contributed by atoms with Crippen LogP contribution in [0.25, 0.3) is 0 Å². The lowest BCUT2D eigenvalue weighted by atomic mass is 10.1. The van der Waals surface area contributed by atoms with Gasteiger partial charge in [-0.15, -0.1) is 0 Å². The maximum Gasteiger partial charge on any atom is 0.256 e. The Kier molecular flexibility index (Phi) is 3.67. The van der Waals surface area contributed by atoms with E-state index in [1.54, 1.807) is 18.2 Å². The van der Waals surface area contributed by atoms with Crippen molar-refractivity contribution in [3.05, 3.63) is 58.1 Å². The van der Waals surface area contributed by atoms with E-state index in [2.05, 4.69) is 21.2 Å². The van der Waals surface area contributed by atoms with Crippen molar-refractivity contribution >= 4 is 27.5 Å². The third kappa shape index (κ3) is 2.71. The highest BCUT2D eigenvalue weighted by molar-refractivity contribution is 9.10. The van der Waals surface area contributed by atoms with Crippen LogP contribution in [-0.4, -0.2) is 11.0 Å². The molecule has 0 aliphatic rings. The minimum atomic E-state index is -0.184. The molecule has 2 N–H and O–H groups in total. The fourth-order valence-corrected chi connectivity index (χ4v) is 2.01. The number of halogens is 1. The van der Waals surface area contributed by atoms with Gasteiger partial charge in [0, 0.05) is 10.2 Å². The van der Waals surface area contributed by atoms with E-state index < -0.39 is 0 Å². The first-order valence-corrected chi connectivity index (χ1v) is 6.23. The molecule has 0 saturated carbocycles. The van der Waals surface area contributed by atoms with Crippen molar-refractivity contribution in [2.75, 3.05) is 5.32 Å². The predicted octanol–water partition coefficient (Wildman–Crippen LogP) is 3.72. The van der Waals surface area contributed by atoms with Gasteiger partial charge < -0.3 is 10.4 Å². The molecule has 3 nitrogen and oxygen atoms in total. The maximum atomic E-state index is 12.1. The van der Waals surface area contributed by atoms with E-state index in [0.717, 1.165) is 10.0 Å². The van der Waals surface area contributed by atoms with Gasteiger partial charge in [-0.25, -0.2) is 0 Å². The molecular weight excluding hydrogens is 294 g/mol. The highest BCUT2D eigenvalue weighted by Gasteiger charge is 2.11. The minimum Gasteiger partial charge on any atom is -0.508 e. The number of phenolic OH excluding ortho intramolecular Hbond substituents is 1. The molecule has 0 heterocycles. The number of anilines is 1. The van der Waals surface area contributed by atoms with Crippen molar-refractivity contribution in [2.45, 2.75) is 6.92 Å². The molecule has 0 aliphatic carbocycles. The zero-order valence-corrected chi connectivity index (χ0v) is 11.4. The molecule has 0 bridgehead atoms. The van der Waals surface area contributed by atoms with Gasteiger partial charge in [0.15, 0.2) is 0 Å². The fraction of sp³-hybridized carbons (Fsp3) is 0.0714. The number of nitrogens with one attached hydrogen (secondary N) is 1. The molecular formula is C14H12BrNO2. The molecule has 0 unspecified atom stereocenters. The number of aromatic hydroxyl groups is 1. The van der Waals surface area contributed by atoms with Crippen molar-refractivity contribution in [2.24, 2.45) is 0 Å². The Bertz CT molecular complexity index is 579. The Morgan fingerprint density at radius 3 is 2.50 bits per heavy atom. The molecule has 0 aliphatic heterocycles. The molecule has 4 heteroatoms. The zero-order valence-electron chi connectivity index (χ0n) is 9.77. The molecule has 92 valence electrons. The van der Waals surface area contributed by atoms with Crippen LogP contribution in [0.2, 0.25) is 0 Å². The minimum absolute atomic E-state index is 0.171. The van der Waals surface area contributed by atoms with Crippen LogP contribution in [0, 0.1) is 6.92 Å². The summed E-state index contributed by atoms with van der Waals surface area (Å²) in [5.41, 5.74) is 2.24. The Balaban J connectivity index is 2.22. The summed E-state index contributed by atoms with van der Waals surface area (Å²) in [6.45, 7) is 1.93. The largest absolute Gasteiger partial charge is 0.508 e. The van der Waals surface area contributed by atoms with Gasteiger partial charge in [0.1, 0.15) is 5.75 Å². The van der Waals surface area contributed by atoms with E-state index in [1.807, 2.05) is 19.1 Å². The molecule has 0 saturated heterocycles. The molecule has 2 rings (SSSR count). The van der Waals surface area contributed by atoms with Crippen LogP contribution < -0.4 is 5.32 Å². The summed E-state index contributed by atoms with van der Waals surface area (Å²) in [4.78, 5) is 12.1. The molecule has 0 fully saturated rings. The Morgan fingerprint density at radius 1 is 1.17 bits per heavy atom. The Morgan fingerprint density at radius 2 is 1.83 bits per heavy atom. The van der Waals surface area contributed by atoms with Crippen LogP contribution in [0.4, 0.5) is 5.69 Å². The first kappa shape index (κ1) is 12.6. The number of rotatable bonds is 2. The average Bonchev–Trinajstić information content (AvgIpc) is 2.35. The Labute approximate surface area is 114 Å². The lowest BCUT2D eigenvalue weighted by molar-refractivity contribution is 0.102. The second-order valence-electron chi connectivity index (χ2n) is 3.94. The second kappa shape index (κ2) is 5.23. The van der Waals surface area contributed by atoms with Gasteiger partial charge in [0.25, 0.3) is 5.91 Å². The highest BCUT2D eigenvalue weighted by atomic mass is 79.9. The van der Waals surface area contributed by atoms with Crippen molar-refractivity contribution < 1.29 is 9.90 Å². The van der Waals surface area contributed by atoms with E-state index >= 15 is 0 Å². The SMILES string of the molecule is Cc1cccc(C(=O)Nc2ccc(O)cc2)c1Br. The van der Waals surface area contributed by atoms with E-state index in [1.165, 1.54) is 12.1 Å². The monoisotopic (exact) mass is 305 g/mol. The van der Waals surface area contributed by atoms with Gasteiger partial charge in [-0.3, -0.25) is 4.79 Å². The van der Waals surface area contributed by atoms with Crippen molar-refractivity contribution in [3.8, 4) is 5.75 Å². The smallest absolute Gasteiger partial charge is 0.256 e. The third-order valence-electron chi connectivity index (χ3n) is 2.56. The number of hydrogen-bond donors (Lipinski definition) is 2. The normalized spacial score (nSPS) is 10.1. The number of aryl methyl sites for hydroxylation is 1. The summed E-state index contributed by atoms with van der Waals surface area (Å²) >= 11 is 3.40. The van der Waals surface area contributed by atoms with Gasteiger partial charge in [-0.1, -0.05) is 12.1 Å². The van der Waals surface area contributed by atoms with Crippen molar-refractivity contribution in [1.29, 1.82) is 0 Å². The second-order valence-corrected chi connectivity index (χ2v) is 4.73. The van der Waals surface area contributed by atoms with E-state index in [9.17, 15) is 4.79 Å². The van der Waals surface area contributed by atoms with E-state index in [0.29, 0.717) is 11.3 Å². The first-order valence-electron chi connectivity index (χ1n) is 5.43. The van der Waals surface area contributed by atoms with Gasteiger partial charge in [0.05, 0.1) is 5.56 Å². The van der Waals surface area contributed by atoms with Gasteiger partial charge in [0.2, 0.25) is 0 Å². The summed E-state index contributed by atoms with van der Waals surface area (Å²) < 4.78 is 0.793. The van der Waals surface area contributed by atoms with Crippen molar-refractivity contribution in [3.63, 3.8) is 0 Å². The summed E-state index contributed by atoms with van der Waals surface area (Å²) in [5.74, 6) is -0.0130. The molecule has 1 amide bonds. The quantitative estimate of drug-likeness (QED) is 0.831. The molecule has 0 aromatic heterocycles. The van der Waals surface area contributed by atoms with Gasteiger partial charge in [-0.2, -0.15) is 0 Å². The molecule has 0 radical (unpaired) electrons. The summed E-state index contributed by atoms with van der Waals surface area (Å²) in [5, 5.41) is 11.9. The fourth-order valence-electron chi connectivity index (χ4n) is 1.57. The van der Waals surface area contributed by atoms with Crippen molar-refractivity contribution in [1.82, 2.24) is 0 Å². The topological polar surface area (TPSA) is 49.3 Å². The number of phenols is 1. The number of amides is 1. The molecule has 0 atom stereocenters. The molecule has 18 heavy (non-hydrogen) atoms. The van der Waals surface area contributed by atoms with Gasteiger partial charge in [-0.05, 0) is 58.7 Å². The number of hydrogen-bond acceptors (Lipinski definition) is 2. The van der Waals surface area contributed by atoms with Crippen LogP contribution in [0.15, 0.2) is 46.9 Å². The van der Waals surface area contributed by atoms with Crippen LogP contribution in [0.3, 0.4) is 0 Å². The number of benzene rings is 2. The first-order chi connectivity index (χ1) is 8.58. The highest BCUT2D eigenvalue weighted by Crippen LogP contribution is 2.22. The summed E-state index contributed by atoms with van der Waals surface area (Å²) in [6, 6.07) is 11.9. The third-order valence-corrected chi connectivity index (χ3v) is 3.61.